The number of hydrogen-bond donors (Lipinski definition) is 0. The molecule has 0 bridgehead atoms. The molecule has 0 unspecified atom stereocenters. The van der Waals surface area contributed by atoms with Gasteiger partial charge in [-0.15, -0.1) is 13.2 Å². The topological polar surface area (TPSA) is 18.5 Å². The van der Waals surface area contributed by atoms with Crippen LogP contribution in [-0.4, -0.2) is 14.7 Å². The fourth-order valence-corrected chi connectivity index (χ4v) is 4.55. The second-order valence-electron chi connectivity index (χ2n) is 11.9. The van der Waals surface area contributed by atoms with Gasteiger partial charge < -0.3 is 9.16 Å². The van der Waals surface area contributed by atoms with Gasteiger partial charge in [0.1, 0.15) is 11.5 Å². The van der Waals surface area contributed by atoms with E-state index in [0.29, 0.717) is 0 Å². The van der Waals surface area contributed by atoms with Crippen molar-refractivity contribution >= 4 is 20.5 Å². The Balaban J connectivity index is 1.98. The molecule has 0 atom stereocenters. The summed E-state index contributed by atoms with van der Waals surface area (Å²) in [6, 6.07) is 20.3. The molecule has 3 aromatic carbocycles. The van der Waals surface area contributed by atoms with Crippen LogP contribution < -0.4 is 9.16 Å². The highest BCUT2D eigenvalue weighted by Gasteiger charge is 2.39. The third-order valence-electron chi connectivity index (χ3n) is 6.83. The van der Waals surface area contributed by atoms with Gasteiger partial charge in [0, 0.05) is 5.56 Å². The Labute approximate surface area is 220 Å². The van der Waals surface area contributed by atoms with Crippen LogP contribution in [0.1, 0.15) is 58.2 Å². The van der Waals surface area contributed by atoms with Crippen LogP contribution in [-0.2, 0) is 5.41 Å². The zero-order valence-corrected chi connectivity index (χ0v) is 24.0. The number of benzene rings is 3. The van der Waals surface area contributed by atoms with Crippen molar-refractivity contribution in [3.8, 4) is 22.6 Å². The van der Waals surface area contributed by atoms with Gasteiger partial charge in [0.2, 0.25) is 0 Å². The Kier molecular flexibility index (Phi) is 8.04. The maximum atomic E-state index is 12.5. The quantitative estimate of drug-likeness (QED) is 0.235. The molecule has 0 spiro atoms. The highest BCUT2D eigenvalue weighted by molar-refractivity contribution is 6.74. The van der Waals surface area contributed by atoms with Crippen molar-refractivity contribution in [2.45, 2.75) is 71.5 Å². The van der Waals surface area contributed by atoms with Gasteiger partial charge in [0.15, 0.2) is 0 Å². The summed E-state index contributed by atoms with van der Waals surface area (Å²) in [6.45, 7) is 17.6. The molecule has 198 valence electrons. The van der Waals surface area contributed by atoms with Gasteiger partial charge in [0.25, 0.3) is 8.32 Å². The van der Waals surface area contributed by atoms with Crippen LogP contribution in [0, 0.1) is 0 Å². The summed E-state index contributed by atoms with van der Waals surface area (Å²) in [5.74, 6) is 0.558. The maximum absolute atomic E-state index is 12.5. The molecule has 0 aliphatic carbocycles. The first-order chi connectivity index (χ1) is 16.9. The first-order valence-electron chi connectivity index (χ1n) is 12.4. The Morgan fingerprint density at radius 3 is 1.78 bits per heavy atom. The molecule has 3 rings (SSSR count). The van der Waals surface area contributed by atoms with Gasteiger partial charge >= 0.3 is 6.36 Å². The van der Waals surface area contributed by atoms with Crippen LogP contribution in [0.4, 0.5) is 13.2 Å². The molecule has 37 heavy (non-hydrogen) atoms. The summed E-state index contributed by atoms with van der Waals surface area (Å²) >= 11 is 0. The van der Waals surface area contributed by atoms with E-state index in [-0.39, 0.29) is 16.2 Å². The van der Waals surface area contributed by atoms with E-state index in [1.165, 1.54) is 17.7 Å². The lowest BCUT2D eigenvalue weighted by Crippen LogP contribution is -2.44. The third kappa shape index (κ3) is 7.75. The van der Waals surface area contributed by atoms with E-state index in [2.05, 4.69) is 89.7 Å². The second-order valence-corrected chi connectivity index (χ2v) is 16.6. The predicted octanol–water partition coefficient (Wildman–Crippen LogP) is 10.1. The van der Waals surface area contributed by atoms with Crippen molar-refractivity contribution in [2.24, 2.45) is 0 Å². The van der Waals surface area contributed by atoms with E-state index in [1.807, 2.05) is 24.3 Å². The van der Waals surface area contributed by atoms with Crippen LogP contribution in [0.25, 0.3) is 23.3 Å². The van der Waals surface area contributed by atoms with Crippen molar-refractivity contribution in [3.63, 3.8) is 0 Å². The van der Waals surface area contributed by atoms with Crippen LogP contribution in [0.2, 0.25) is 18.1 Å². The monoisotopic (exact) mass is 526 g/mol. The molecule has 2 nitrogen and oxygen atoms in total. The fraction of sp³-hybridized carbons (Fsp3) is 0.355. The molecule has 6 heteroatoms. The summed E-state index contributed by atoms with van der Waals surface area (Å²) < 4.78 is 48.3. The van der Waals surface area contributed by atoms with Gasteiger partial charge in [-0.1, -0.05) is 96.2 Å². The van der Waals surface area contributed by atoms with Gasteiger partial charge in [0.05, 0.1) is 0 Å². The Morgan fingerprint density at radius 2 is 1.27 bits per heavy atom. The lowest BCUT2D eigenvalue weighted by atomic mass is 9.87. The minimum Gasteiger partial charge on any atom is -0.543 e. The number of hydrogen-bond acceptors (Lipinski definition) is 2. The average molecular weight is 527 g/mol. The lowest BCUT2D eigenvalue weighted by molar-refractivity contribution is -0.274. The number of halogens is 3. The highest BCUT2D eigenvalue weighted by atomic mass is 28.4. The summed E-state index contributed by atoms with van der Waals surface area (Å²) in [4.78, 5) is 0. The molecule has 3 aromatic rings. The predicted molar refractivity (Wildman–Crippen MR) is 150 cm³/mol. The van der Waals surface area contributed by atoms with E-state index < -0.39 is 14.7 Å². The van der Waals surface area contributed by atoms with Gasteiger partial charge in [-0.3, -0.25) is 0 Å². The van der Waals surface area contributed by atoms with Crippen LogP contribution >= 0.6 is 0 Å². The molecular weight excluding hydrogens is 489 g/mol. The van der Waals surface area contributed by atoms with E-state index in [9.17, 15) is 13.2 Å². The van der Waals surface area contributed by atoms with Gasteiger partial charge in [-0.2, -0.15) is 0 Å². The zero-order valence-electron chi connectivity index (χ0n) is 23.0. The molecule has 0 aliphatic heterocycles. The molecule has 0 amide bonds. The van der Waals surface area contributed by atoms with Crippen LogP contribution in [0.15, 0.2) is 66.7 Å². The highest BCUT2D eigenvalue weighted by Crippen LogP contribution is 2.39. The van der Waals surface area contributed by atoms with E-state index in [0.717, 1.165) is 28.0 Å². The summed E-state index contributed by atoms with van der Waals surface area (Å²) in [5.41, 5.74) is 5.01. The lowest BCUT2D eigenvalue weighted by Gasteiger charge is -2.37. The molecule has 0 fully saturated rings. The number of alkyl halides is 3. The largest absolute Gasteiger partial charge is 0.573 e. The molecule has 0 radical (unpaired) electrons. The summed E-state index contributed by atoms with van der Waals surface area (Å²) in [6.07, 6.45) is -0.614. The van der Waals surface area contributed by atoms with Crippen molar-refractivity contribution < 1.29 is 22.3 Å². The first-order valence-corrected chi connectivity index (χ1v) is 15.3. The standard InChI is InChI=1S/C31H37F3O2Si/c1-29(2,3)26-16-10-22(11-17-26)9-12-25-21-24(15-20-28(25)36-37(7,8)30(4,5)6)23-13-18-27(19-14-23)35-31(32,33)34/h9-21H,1-8H3. The number of rotatable bonds is 6. The van der Waals surface area contributed by atoms with Crippen molar-refractivity contribution in [3.05, 3.63) is 83.4 Å². The minimum atomic E-state index is -4.71. The molecule has 0 aromatic heterocycles. The average Bonchev–Trinajstić information content (AvgIpc) is 2.76. The normalized spacial score (nSPS) is 13.2. The number of ether oxygens (including phenoxy) is 1. The van der Waals surface area contributed by atoms with Crippen LogP contribution in [0.5, 0.6) is 11.5 Å². The van der Waals surface area contributed by atoms with Gasteiger partial charge in [-0.05, 0) is 70.1 Å². The van der Waals surface area contributed by atoms with Crippen molar-refractivity contribution in [2.75, 3.05) is 0 Å². The Bertz CT molecular complexity index is 1230. The second kappa shape index (κ2) is 10.4. The molecule has 0 saturated carbocycles. The fourth-order valence-electron chi connectivity index (χ4n) is 3.51. The first kappa shape index (κ1) is 28.6. The molecule has 0 saturated heterocycles. The van der Waals surface area contributed by atoms with Crippen molar-refractivity contribution in [1.82, 2.24) is 0 Å². The molecule has 0 N–H and O–H groups in total. The summed E-state index contributed by atoms with van der Waals surface area (Å²) in [5, 5.41) is 0.0315. The van der Waals surface area contributed by atoms with E-state index in [1.54, 1.807) is 12.1 Å². The maximum Gasteiger partial charge on any atom is 0.573 e. The SMILES string of the molecule is CC(C)(C)c1ccc(C=Cc2cc(-c3ccc(OC(F)(F)F)cc3)ccc2O[Si](C)(C)C(C)(C)C)cc1. The third-order valence-corrected chi connectivity index (χ3v) is 11.2. The van der Waals surface area contributed by atoms with E-state index >= 15 is 0 Å². The van der Waals surface area contributed by atoms with E-state index in [4.69, 9.17) is 4.43 Å². The van der Waals surface area contributed by atoms with Gasteiger partial charge in [-0.25, -0.2) is 0 Å². The summed E-state index contributed by atoms with van der Waals surface area (Å²) in [7, 11) is -2.10. The zero-order chi connectivity index (χ0) is 27.6. The molecule has 0 aliphatic rings. The Hall–Kier alpha value is -2.99. The van der Waals surface area contributed by atoms with Crippen molar-refractivity contribution in [1.29, 1.82) is 0 Å². The minimum absolute atomic E-state index is 0.0315. The molecule has 0 heterocycles. The van der Waals surface area contributed by atoms with Crippen LogP contribution in [0.3, 0.4) is 0 Å². The Morgan fingerprint density at radius 1 is 0.703 bits per heavy atom. The smallest absolute Gasteiger partial charge is 0.543 e. The molecular formula is C31H37F3O2Si.